The molecule has 0 atom stereocenters. The van der Waals surface area contributed by atoms with Gasteiger partial charge < -0.3 is 9.84 Å². The van der Waals surface area contributed by atoms with Crippen molar-refractivity contribution >= 4 is 17.7 Å². The van der Waals surface area contributed by atoms with Crippen LogP contribution in [0.4, 0.5) is 0 Å². The maximum Gasteiger partial charge on any atom is 0.344 e. The van der Waals surface area contributed by atoms with Gasteiger partial charge in [0.05, 0.1) is 11.1 Å². The lowest BCUT2D eigenvalue weighted by molar-refractivity contribution is -0.132. The third-order valence-corrected chi connectivity index (χ3v) is 2.25. The van der Waals surface area contributed by atoms with Crippen LogP contribution in [0.3, 0.4) is 0 Å². The Morgan fingerprint density at radius 1 is 1.27 bits per heavy atom. The normalized spacial score (nSPS) is 17.0. The van der Waals surface area contributed by atoms with E-state index in [1.54, 1.807) is 24.3 Å². The molecule has 0 spiro atoms. The maximum absolute atomic E-state index is 11.4. The second kappa shape index (κ2) is 3.24. The lowest BCUT2D eigenvalue weighted by atomic mass is 10.1. The van der Waals surface area contributed by atoms with Crippen molar-refractivity contribution in [2.24, 2.45) is 0 Å². The van der Waals surface area contributed by atoms with E-state index in [0.717, 1.165) is 0 Å². The molecule has 0 aliphatic carbocycles. The zero-order valence-electron chi connectivity index (χ0n) is 7.98. The zero-order chi connectivity index (χ0) is 11.0. The number of esters is 1. The second-order valence-corrected chi connectivity index (χ2v) is 3.19. The molecule has 0 amide bonds. The molecule has 2 rings (SSSR count). The van der Waals surface area contributed by atoms with Gasteiger partial charge in [0.1, 0.15) is 5.76 Å². The summed E-state index contributed by atoms with van der Waals surface area (Å²) in [7, 11) is 0. The van der Waals surface area contributed by atoms with Crippen LogP contribution in [0.2, 0.25) is 0 Å². The number of carbonyl (C=O) groups excluding carboxylic acids is 1. The first-order valence-electron chi connectivity index (χ1n) is 4.37. The third kappa shape index (κ3) is 1.40. The molecular formula is C11H8O4. The summed E-state index contributed by atoms with van der Waals surface area (Å²) < 4.78 is 4.91. The third-order valence-electron chi connectivity index (χ3n) is 2.25. The number of aliphatic carboxylic acids is 1. The Hall–Kier alpha value is -2.10. The zero-order valence-corrected chi connectivity index (χ0v) is 7.98. The van der Waals surface area contributed by atoms with Gasteiger partial charge in [-0.3, -0.25) is 0 Å². The molecule has 0 aromatic heterocycles. The van der Waals surface area contributed by atoms with Crippen LogP contribution in [0.1, 0.15) is 22.8 Å². The smallest absolute Gasteiger partial charge is 0.344 e. The summed E-state index contributed by atoms with van der Waals surface area (Å²) in [6, 6.07) is 6.72. The maximum atomic E-state index is 11.4. The van der Waals surface area contributed by atoms with E-state index >= 15 is 0 Å². The molecule has 0 radical (unpaired) electrons. The number of carboxylic acid groups (broad SMARTS) is 1. The van der Waals surface area contributed by atoms with E-state index in [1.165, 1.54) is 6.92 Å². The predicted molar refractivity (Wildman–Crippen MR) is 52.1 cm³/mol. The number of ether oxygens (including phenoxy) is 1. The van der Waals surface area contributed by atoms with Gasteiger partial charge in [-0.2, -0.15) is 0 Å². The molecular weight excluding hydrogens is 196 g/mol. The molecule has 0 saturated heterocycles. The molecule has 4 heteroatoms. The van der Waals surface area contributed by atoms with Gasteiger partial charge in [0.15, 0.2) is 0 Å². The Morgan fingerprint density at radius 3 is 2.47 bits per heavy atom. The van der Waals surface area contributed by atoms with Crippen molar-refractivity contribution in [1.82, 2.24) is 0 Å². The summed E-state index contributed by atoms with van der Waals surface area (Å²) in [6.45, 7) is 1.41. The van der Waals surface area contributed by atoms with E-state index in [0.29, 0.717) is 11.1 Å². The Balaban J connectivity index is 2.64. The fourth-order valence-electron chi connectivity index (χ4n) is 1.44. The summed E-state index contributed by atoms with van der Waals surface area (Å²) in [5, 5.41) is 8.81. The summed E-state index contributed by atoms with van der Waals surface area (Å²) in [6.07, 6.45) is 0. The van der Waals surface area contributed by atoms with Gasteiger partial charge in [-0.25, -0.2) is 9.59 Å². The van der Waals surface area contributed by atoms with Crippen molar-refractivity contribution in [2.75, 3.05) is 0 Å². The molecule has 0 saturated carbocycles. The van der Waals surface area contributed by atoms with Gasteiger partial charge >= 0.3 is 11.9 Å². The van der Waals surface area contributed by atoms with Crippen LogP contribution < -0.4 is 0 Å². The molecule has 0 fully saturated rings. The predicted octanol–water partition coefficient (Wildman–Crippen LogP) is 1.67. The Morgan fingerprint density at radius 2 is 1.87 bits per heavy atom. The molecule has 1 aliphatic rings. The molecule has 1 heterocycles. The summed E-state index contributed by atoms with van der Waals surface area (Å²) in [5.74, 6) is -1.45. The van der Waals surface area contributed by atoms with Crippen molar-refractivity contribution in [2.45, 2.75) is 6.92 Å². The largest absolute Gasteiger partial charge is 0.478 e. The van der Waals surface area contributed by atoms with Crippen LogP contribution in [0.15, 0.2) is 29.8 Å². The topological polar surface area (TPSA) is 63.6 Å². The molecule has 15 heavy (non-hydrogen) atoms. The fraction of sp³-hybridized carbons (Fsp3) is 0.0909. The first-order chi connectivity index (χ1) is 7.11. The van der Waals surface area contributed by atoms with Gasteiger partial charge in [-0.1, -0.05) is 18.2 Å². The molecule has 1 aliphatic heterocycles. The van der Waals surface area contributed by atoms with Gasteiger partial charge in [0.25, 0.3) is 0 Å². The molecule has 76 valence electrons. The highest BCUT2D eigenvalue weighted by Crippen LogP contribution is 2.31. The van der Waals surface area contributed by atoms with Crippen LogP contribution in [0.5, 0.6) is 0 Å². The number of fused-ring (bicyclic) bond motifs is 1. The van der Waals surface area contributed by atoms with Gasteiger partial charge in [-0.15, -0.1) is 0 Å². The molecule has 0 bridgehead atoms. The van der Waals surface area contributed by atoms with Gasteiger partial charge in [0, 0.05) is 5.56 Å². The van der Waals surface area contributed by atoms with Gasteiger partial charge in [-0.05, 0) is 13.0 Å². The van der Waals surface area contributed by atoms with Crippen LogP contribution >= 0.6 is 0 Å². The first-order valence-corrected chi connectivity index (χ1v) is 4.37. The van der Waals surface area contributed by atoms with Crippen molar-refractivity contribution in [1.29, 1.82) is 0 Å². The van der Waals surface area contributed by atoms with Crippen LogP contribution in [0, 0.1) is 0 Å². The highest BCUT2D eigenvalue weighted by molar-refractivity contribution is 6.07. The van der Waals surface area contributed by atoms with Crippen LogP contribution in [0.25, 0.3) is 5.76 Å². The van der Waals surface area contributed by atoms with Crippen molar-refractivity contribution in [3.8, 4) is 0 Å². The SMILES string of the molecule is C/C(C(=O)O)=C1/OC(=O)c2ccccc21. The molecule has 1 aromatic carbocycles. The average Bonchev–Trinajstić information content (AvgIpc) is 2.56. The van der Waals surface area contributed by atoms with E-state index in [9.17, 15) is 9.59 Å². The van der Waals surface area contributed by atoms with Crippen molar-refractivity contribution in [3.05, 3.63) is 41.0 Å². The monoisotopic (exact) mass is 204 g/mol. The standard InChI is InChI=1S/C11H8O4/c1-6(10(12)13)9-7-4-2-3-5-8(7)11(14)15-9/h2-5H,1H3,(H,12,13)/b9-6-. The van der Waals surface area contributed by atoms with E-state index < -0.39 is 11.9 Å². The summed E-state index contributed by atoms with van der Waals surface area (Å²) >= 11 is 0. The quantitative estimate of drug-likeness (QED) is 0.558. The Bertz CT molecular complexity index is 485. The Kier molecular flexibility index (Phi) is 2.04. The number of benzene rings is 1. The average molecular weight is 204 g/mol. The molecule has 1 N–H and O–H groups in total. The summed E-state index contributed by atoms with van der Waals surface area (Å²) in [5.41, 5.74) is 0.990. The van der Waals surface area contributed by atoms with Gasteiger partial charge in [0.2, 0.25) is 0 Å². The van der Waals surface area contributed by atoms with Crippen molar-refractivity contribution < 1.29 is 19.4 Å². The summed E-state index contributed by atoms with van der Waals surface area (Å²) in [4.78, 5) is 22.1. The lowest BCUT2D eigenvalue weighted by Crippen LogP contribution is -2.00. The number of carboxylic acids is 1. The number of hydrogen-bond donors (Lipinski definition) is 1. The molecule has 1 aromatic rings. The number of cyclic esters (lactones) is 1. The number of carbonyl (C=O) groups is 2. The van der Waals surface area contributed by atoms with E-state index in [2.05, 4.69) is 0 Å². The van der Waals surface area contributed by atoms with E-state index in [1.807, 2.05) is 0 Å². The minimum atomic E-state index is -1.09. The first kappa shape index (κ1) is 9.45. The molecule has 4 nitrogen and oxygen atoms in total. The minimum Gasteiger partial charge on any atom is -0.478 e. The highest BCUT2D eigenvalue weighted by Gasteiger charge is 2.28. The lowest BCUT2D eigenvalue weighted by Gasteiger charge is -2.00. The van der Waals surface area contributed by atoms with E-state index in [4.69, 9.17) is 9.84 Å². The number of hydrogen-bond acceptors (Lipinski definition) is 3. The minimum absolute atomic E-state index is 0.0355. The van der Waals surface area contributed by atoms with E-state index in [-0.39, 0.29) is 11.3 Å². The number of rotatable bonds is 1. The Labute approximate surface area is 85.8 Å². The molecule has 0 unspecified atom stereocenters. The highest BCUT2D eigenvalue weighted by atomic mass is 16.5. The van der Waals surface area contributed by atoms with Crippen molar-refractivity contribution in [3.63, 3.8) is 0 Å². The fourth-order valence-corrected chi connectivity index (χ4v) is 1.44. The van der Waals surface area contributed by atoms with Crippen LogP contribution in [-0.2, 0) is 9.53 Å². The second-order valence-electron chi connectivity index (χ2n) is 3.19. The van der Waals surface area contributed by atoms with Crippen LogP contribution in [-0.4, -0.2) is 17.0 Å².